The molecule has 0 N–H and O–H groups in total. The van der Waals surface area contributed by atoms with Crippen LogP contribution in [0.1, 0.15) is 68.3 Å². The first-order valence-corrected chi connectivity index (χ1v) is 9.82. The number of piperidine rings is 1. The van der Waals surface area contributed by atoms with Crippen molar-refractivity contribution in [2.45, 2.75) is 70.4 Å². The van der Waals surface area contributed by atoms with Gasteiger partial charge in [0.2, 0.25) is 0 Å². The van der Waals surface area contributed by atoms with Crippen molar-refractivity contribution in [3.05, 3.63) is 29.9 Å². The fourth-order valence-electron chi connectivity index (χ4n) is 4.59. The summed E-state index contributed by atoms with van der Waals surface area (Å²) in [5, 5.41) is 9.07. The van der Waals surface area contributed by atoms with Gasteiger partial charge in [-0.3, -0.25) is 4.90 Å². The van der Waals surface area contributed by atoms with Crippen molar-refractivity contribution in [3.8, 4) is 0 Å². The highest BCUT2D eigenvalue weighted by atomic mass is 15.3. The monoisotopic (exact) mass is 342 g/mol. The lowest BCUT2D eigenvalue weighted by atomic mass is 9.90. The van der Waals surface area contributed by atoms with Crippen LogP contribution in [0.15, 0.2) is 12.4 Å². The molecular formula is C19H30N6. The molecule has 3 heterocycles. The fourth-order valence-corrected chi connectivity index (χ4v) is 4.59. The molecule has 1 saturated carbocycles. The second-order valence-electron chi connectivity index (χ2n) is 7.76. The number of rotatable bonds is 4. The van der Waals surface area contributed by atoms with Crippen LogP contribution in [0.2, 0.25) is 0 Å². The molecule has 1 aliphatic carbocycles. The minimum atomic E-state index is 0.519. The van der Waals surface area contributed by atoms with Crippen LogP contribution in [0.3, 0.4) is 0 Å². The molecule has 2 fully saturated rings. The maximum Gasteiger partial charge on any atom is 0.152 e. The molecule has 0 radical (unpaired) electrons. The van der Waals surface area contributed by atoms with Crippen molar-refractivity contribution in [3.63, 3.8) is 0 Å². The minimum absolute atomic E-state index is 0.519. The molecular weight excluding hydrogens is 312 g/mol. The molecule has 0 amide bonds. The maximum atomic E-state index is 4.58. The fraction of sp³-hybridized carbons (Fsp3) is 0.737. The Morgan fingerprint density at radius 1 is 1.08 bits per heavy atom. The summed E-state index contributed by atoms with van der Waals surface area (Å²) in [6.45, 7) is 5.19. The van der Waals surface area contributed by atoms with E-state index < -0.39 is 0 Å². The Bertz CT molecular complexity index is 697. The van der Waals surface area contributed by atoms with Gasteiger partial charge in [0.25, 0.3) is 0 Å². The van der Waals surface area contributed by atoms with Crippen LogP contribution in [0, 0.1) is 6.92 Å². The van der Waals surface area contributed by atoms with Gasteiger partial charge >= 0.3 is 0 Å². The first-order valence-electron chi connectivity index (χ1n) is 9.82. The van der Waals surface area contributed by atoms with Crippen molar-refractivity contribution in [1.29, 1.82) is 0 Å². The number of aromatic nitrogens is 5. The molecule has 25 heavy (non-hydrogen) atoms. The molecule has 2 aromatic rings. The Morgan fingerprint density at radius 2 is 1.92 bits per heavy atom. The van der Waals surface area contributed by atoms with E-state index in [2.05, 4.69) is 36.3 Å². The Labute approximate surface area is 150 Å². The van der Waals surface area contributed by atoms with Crippen LogP contribution in [-0.4, -0.2) is 48.3 Å². The second-order valence-corrected chi connectivity index (χ2v) is 7.76. The summed E-state index contributed by atoms with van der Waals surface area (Å²) in [5.74, 6) is 3.72. The van der Waals surface area contributed by atoms with E-state index in [4.69, 9.17) is 0 Å². The molecule has 1 saturated heterocycles. The van der Waals surface area contributed by atoms with Gasteiger partial charge in [-0.05, 0) is 39.2 Å². The van der Waals surface area contributed by atoms with E-state index in [1.165, 1.54) is 51.5 Å². The number of hydrogen-bond donors (Lipinski definition) is 0. The van der Waals surface area contributed by atoms with Crippen molar-refractivity contribution in [1.82, 2.24) is 29.2 Å². The maximum absolute atomic E-state index is 4.58. The van der Waals surface area contributed by atoms with Gasteiger partial charge in [0, 0.05) is 37.9 Å². The third-order valence-electron chi connectivity index (χ3n) is 6.14. The largest absolute Gasteiger partial charge is 0.328 e. The highest BCUT2D eigenvalue weighted by molar-refractivity contribution is 5.06. The average Bonchev–Trinajstić information content (AvgIpc) is 3.22. The summed E-state index contributed by atoms with van der Waals surface area (Å²) >= 11 is 0. The predicted molar refractivity (Wildman–Crippen MR) is 97.5 cm³/mol. The lowest BCUT2D eigenvalue weighted by Gasteiger charge is -2.39. The third kappa shape index (κ3) is 3.50. The summed E-state index contributed by atoms with van der Waals surface area (Å²) < 4.78 is 4.34. The van der Waals surface area contributed by atoms with Gasteiger partial charge in [0.1, 0.15) is 11.6 Å². The Hall–Kier alpha value is -1.69. The first kappa shape index (κ1) is 16.8. The Kier molecular flexibility index (Phi) is 4.88. The predicted octanol–water partition coefficient (Wildman–Crippen LogP) is 2.88. The molecule has 6 heteroatoms. The Morgan fingerprint density at radius 3 is 2.68 bits per heavy atom. The number of likely N-dealkylation sites (tertiary alicyclic amines) is 1. The van der Waals surface area contributed by atoms with Crippen LogP contribution < -0.4 is 0 Å². The average molecular weight is 342 g/mol. The second kappa shape index (κ2) is 7.28. The van der Waals surface area contributed by atoms with Crippen molar-refractivity contribution >= 4 is 0 Å². The van der Waals surface area contributed by atoms with Crippen LogP contribution in [0.25, 0.3) is 0 Å². The standard InChI is InChI=1S/C19H30N6/c1-15-20-10-12-24(15)14-18-21-22-19(23(18)2)16-7-6-11-25(13-16)17-8-4-3-5-9-17/h10,12,16-17H,3-9,11,13-14H2,1-2H3/t16-/m1/s1. The highest BCUT2D eigenvalue weighted by Crippen LogP contribution is 2.31. The zero-order valence-corrected chi connectivity index (χ0v) is 15.6. The minimum Gasteiger partial charge on any atom is -0.328 e. The van der Waals surface area contributed by atoms with Crippen LogP contribution >= 0.6 is 0 Å². The molecule has 1 aliphatic heterocycles. The van der Waals surface area contributed by atoms with Crippen molar-refractivity contribution in [2.24, 2.45) is 7.05 Å². The van der Waals surface area contributed by atoms with Crippen LogP contribution in [-0.2, 0) is 13.6 Å². The first-order chi connectivity index (χ1) is 12.2. The molecule has 0 unspecified atom stereocenters. The van der Waals surface area contributed by atoms with Crippen LogP contribution in [0.4, 0.5) is 0 Å². The van der Waals surface area contributed by atoms with Crippen LogP contribution in [0.5, 0.6) is 0 Å². The van der Waals surface area contributed by atoms with Crippen molar-refractivity contribution in [2.75, 3.05) is 13.1 Å². The van der Waals surface area contributed by atoms with E-state index in [-0.39, 0.29) is 0 Å². The van der Waals surface area contributed by atoms with Gasteiger partial charge in [0.05, 0.1) is 6.54 Å². The molecule has 1 atom stereocenters. The van der Waals surface area contributed by atoms with Gasteiger partial charge in [-0.2, -0.15) is 0 Å². The molecule has 0 spiro atoms. The SMILES string of the molecule is Cc1nccn1Cc1nnc([C@@H]2CCCN(C3CCCCC3)C2)n1C. The zero-order valence-electron chi connectivity index (χ0n) is 15.6. The number of nitrogens with zero attached hydrogens (tertiary/aromatic N) is 6. The van der Waals surface area contributed by atoms with Gasteiger partial charge in [-0.25, -0.2) is 4.98 Å². The van der Waals surface area contributed by atoms with E-state index in [0.717, 1.165) is 36.6 Å². The van der Waals surface area contributed by atoms with Gasteiger partial charge in [0.15, 0.2) is 5.82 Å². The lowest BCUT2D eigenvalue weighted by molar-refractivity contribution is 0.116. The summed E-state index contributed by atoms with van der Waals surface area (Å²) in [5.41, 5.74) is 0. The molecule has 0 bridgehead atoms. The zero-order chi connectivity index (χ0) is 17.2. The molecule has 6 nitrogen and oxygen atoms in total. The topological polar surface area (TPSA) is 51.8 Å². The highest BCUT2D eigenvalue weighted by Gasteiger charge is 2.30. The third-order valence-corrected chi connectivity index (χ3v) is 6.14. The van der Waals surface area contributed by atoms with Gasteiger partial charge in [-0.1, -0.05) is 19.3 Å². The van der Waals surface area contributed by atoms with E-state index in [9.17, 15) is 0 Å². The van der Waals surface area contributed by atoms with Gasteiger partial charge < -0.3 is 9.13 Å². The van der Waals surface area contributed by atoms with E-state index >= 15 is 0 Å². The van der Waals surface area contributed by atoms with Gasteiger partial charge in [-0.15, -0.1) is 10.2 Å². The smallest absolute Gasteiger partial charge is 0.152 e. The van der Waals surface area contributed by atoms with E-state index in [1.807, 2.05) is 19.3 Å². The summed E-state index contributed by atoms with van der Waals surface area (Å²) in [6, 6.07) is 0.804. The molecule has 136 valence electrons. The number of aryl methyl sites for hydroxylation is 1. The molecule has 4 rings (SSSR count). The summed E-state index contributed by atoms with van der Waals surface area (Å²) in [6.07, 6.45) is 13.4. The van der Waals surface area contributed by atoms with E-state index in [1.54, 1.807) is 0 Å². The number of hydrogen-bond acceptors (Lipinski definition) is 4. The number of imidazole rings is 1. The normalized spacial score (nSPS) is 23.2. The quantitative estimate of drug-likeness (QED) is 0.857. The Balaban J connectivity index is 1.47. The summed E-state index contributed by atoms with van der Waals surface area (Å²) in [4.78, 5) is 7.04. The molecule has 2 aliphatic rings. The molecule has 0 aromatic carbocycles. The summed E-state index contributed by atoms with van der Waals surface area (Å²) in [7, 11) is 2.12. The lowest BCUT2D eigenvalue weighted by Crippen LogP contribution is -2.43. The van der Waals surface area contributed by atoms with Crippen molar-refractivity contribution < 1.29 is 0 Å². The molecule has 2 aromatic heterocycles. The van der Waals surface area contributed by atoms with E-state index in [0.29, 0.717) is 5.92 Å².